The molecule has 94 valence electrons. The first-order valence-electron chi connectivity index (χ1n) is 6.97. The third kappa shape index (κ3) is 1.53. The molecule has 0 unspecified atom stereocenters. The number of anilines is 1. The van der Waals surface area contributed by atoms with Crippen molar-refractivity contribution in [3.05, 3.63) is 29.3 Å². The number of fused-ring (bicyclic) bond motifs is 3. The maximum atomic E-state index is 11.6. The van der Waals surface area contributed by atoms with Crippen molar-refractivity contribution in [2.75, 3.05) is 5.32 Å². The van der Waals surface area contributed by atoms with Crippen LogP contribution in [0.1, 0.15) is 41.6 Å². The fraction of sp³-hybridized carbons (Fsp3) is 0.533. The maximum Gasteiger partial charge on any atom is 0.251 e. The van der Waals surface area contributed by atoms with E-state index in [1.54, 1.807) is 0 Å². The van der Waals surface area contributed by atoms with Crippen LogP contribution in [0, 0.1) is 11.8 Å². The molecule has 1 aromatic carbocycles. The first-order chi connectivity index (χ1) is 8.79. The molecule has 3 heteroatoms. The number of carbonyl (C=O) groups excluding carboxylic acids is 1. The predicted octanol–water partition coefficient (Wildman–Crippen LogP) is 2.53. The molecule has 0 saturated heterocycles. The van der Waals surface area contributed by atoms with Gasteiger partial charge in [-0.15, -0.1) is 0 Å². The molecular formula is C15H18N2O. The van der Waals surface area contributed by atoms with Gasteiger partial charge in [0.1, 0.15) is 0 Å². The van der Waals surface area contributed by atoms with Gasteiger partial charge in [-0.25, -0.2) is 0 Å². The van der Waals surface area contributed by atoms with Gasteiger partial charge in [0.25, 0.3) is 5.91 Å². The topological polar surface area (TPSA) is 41.1 Å². The maximum absolute atomic E-state index is 11.6. The quantitative estimate of drug-likeness (QED) is 0.836. The van der Waals surface area contributed by atoms with Crippen LogP contribution in [0.5, 0.6) is 0 Å². The molecule has 2 fully saturated rings. The van der Waals surface area contributed by atoms with Crippen LogP contribution >= 0.6 is 0 Å². The molecule has 3 nitrogen and oxygen atoms in total. The Morgan fingerprint density at radius 1 is 1.22 bits per heavy atom. The minimum absolute atomic E-state index is 0.0709. The van der Waals surface area contributed by atoms with Crippen LogP contribution in [0.3, 0.4) is 0 Å². The minimum Gasteiger partial charge on any atom is -0.382 e. The van der Waals surface area contributed by atoms with Gasteiger partial charge in [-0.2, -0.15) is 0 Å². The first-order valence-corrected chi connectivity index (χ1v) is 6.97. The molecule has 4 rings (SSSR count). The van der Waals surface area contributed by atoms with Crippen LogP contribution in [-0.4, -0.2) is 11.9 Å². The van der Waals surface area contributed by atoms with E-state index in [9.17, 15) is 4.79 Å². The molecule has 2 aliphatic carbocycles. The van der Waals surface area contributed by atoms with Crippen molar-refractivity contribution >= 4 is 11.6 Å². The molecule has 1 amide bonds. The summed E-state index contributed by atoms with van der Waals surface area (Å²) in [5.74, 6) is 1.88. The van der Waals surface area contributed by atoms with Gasteiger partial charge in [0.2, 0.25) is 0 Å². The second kappa shape index (κ2) is 3.74. The summed E-state index contributed by atoms with van der Waals surface area (Å²) >= 11 is 0. The lowest BCUT2D eigenvalue weighted by Gasteiger charge is -2.24. The van der Waals surface area contributed by atoms with E-state index in [4.69, 9.17) is 0 Å². The molecule has 2 bridgehead atoms. The lowest BCUT2D eigenvalue weighted by molar-refractivity contribution is 0.0966. The molecule has 18 heavy (non-hydrogen) atoms. The Kier molecular flexibility index (Phi) is 2.16. The van der Waals surface area contributed by atoms with E-state index < -0.39 is 0 Å². The van der Waals surface area contributed by atoms with Crippen molar-refractivity contribution in [2.45, 2.75) is 38.3 Å². The molecule has 0 radical (unpaired) electrons. The van der Waals surface area contributed by atoms with Crippen LogP contribution < -0.4 is 10.6 Å². The average molecular weight is 242 g/mol. The summed E-state index contributed by atoms with van der Waals surface area (Å²) in [6.07, 6.45) is 5.53. The van der Waals surface area contributed by atoms with E-state index in [0.717, 1.165) is 28.7 Å². The summed E-state index contributed by atoms with van der Waals surface area (Å²) in [5.41, 5.74) is 3.09. The third-order valence-electron chi connectivity index (χ3n) is 4.88. The molecule has 3 atom stereocenters. The Labute approximate surface area is 107 Å². The summed E-state index contributed by atoms with van der Waals surface area (Å²) in [4.78, 5) is 11.6. The van der Waals surface area contributed by atoms with E-state index in [2.05, 4.69) is 22.8 Å². The molecule has 0 spiro atoms. The van der Waals surface area contributed by atoms with Crippen molar-refractivity contribution < 1.29 is 4.79 Å². The van der Waals surface area contributed by atoms with Crippen molar-refractivity contribution in [1.29, 1.82) is 0 Å². The normalized spacial score (nSPS) is 32.4. The van der Waals surface area contributed by atoms with E-state index >= 15 is 0 Å². The molecule has 2 saturated carbocycles. The number of hydrogen-bond donors (Lipinski definition) is 2. The number of hydrogen-bond acceptors (Lipinski definition) is 2. The van der Waals surface area contributed by atoms with Gasteiger partial charge in [0, 0.05) is 23.8 Å². The van der Waals surface area contributed by atoms with Gasteiger partial charge >= 0.3 is 0 Å². The van der Waals surface area contributed by atoms with Crippen LogP contribution in [-0.2, 0) is 6.54 Å². The van der Waals surface area contributed by atoms with E-state index in [0.29, 0.717) is 12.6 Å². The highest BCUT2D eigenvalue weighted by atomic mass is 16.1. The Hall–Kier alpha value is -1.51. The zero-order chi connectivity index (χ0) is 12.1. The standard InChI is InChI=1S/C15H18N2O/c18-15-13-7-12(4-3-11(13)8-16-15)17-14-6-9-1-2-10(14)5-9/h3-4,7,9-10,14,17H,1-2,5-6,8H2,(H,16,18)/t9-,10-,14+/m0/s1. The van der Waals surface area contributed by atoms with Gasteiger partial charge in [-0.05, 0) is 48.8 Å². The number of amides is 1. The zero-order valence-corrected chi connectivity index (χ0v) is 10.4. The van der Waals surface area contributed by atoms with Crippen LogP contribution in [0.25, 0.3) is 0 Å². The van der Waals surface area contributed by atoms with Crippen molar-refractivity contribution in [3.63, 3.8) is 0 Å². The van der Waals surface area contributed by atoms with Crippen LogP contribution in [0.15, 0.2) is 18.2 Å². The molecule has 3 aliphatic rings. The molecule has 0 aromatic heterocycles. The smallest absolute Gasteiger partial charge is 0.251 e. The fourth-order valence-electron chi connectivity index (χ4n) is 3.94. The molecule has 1 aliphatic heterocycles. The molecule has 1 heterocycles. The van der Waals surface area contributed by atoms with Crippen molar-refractivity contribution in [3.8, 4) is 0 Å². The van der Waals surface area contributed by atoms with Crippen LogP contribution in [0.2, 0.25) is 0 Å². The van der Waals surface area contributed by atoms with Crippen LogP contribution in [0.4, 0.5) is 5.69 Å². The van der Waals surface area contributed by atoms with E-state index in [1.165, 1.54) is 25.7 Å². The lowest BCUT2D eigenvalue weighted by Crippen LogP contribution is -2.25. The summed E-state index contributed by atoms with van der Waals surface area (Å²) in [5, 5.41) is 6.51. The van der Waals surface area contributed by atoms with Crippen molar-refractivity contribution in [2.24, 2.45) is 11.8 Å². The third-order valence-corrected chi connectivity index (χ3v) is 4.88. The SMILES string of the molecule is O=C1NCc2ccc(N[C@@H]3C[C@H]4CC[C@H]3C4)cc21. The largest absolute Gasteiger partial charge is 0.382 e. The van der Waals surface area contributed by atoms with E-state index in [1.807, 2.05) is 6.07 Å². The van der Waals surface area contributed by atoms with Crippen molar-refractivity contribution in [1.82, 2.24) is 5.32 Å². The summed E-state index contributed by atoms with van der Waals surface area (Å²) in [6, 6.07) is 6.84. The number of carbonyl (C=O) groups is 1. The van der Waals surface area contributed by atoms with Gasteiger partial charge in [-0.1, -0.05) is 12.5 Å². The van der Waals surface area contributed by atoms with Gasteiger partial charge < -0.3 is 10.6 Å². The Morgan fingerprint density at radius 3 is 2.94 bits per heavy atom. The van der Waals surface area contributed by atoms with E-state index in [-0.39, 0.29) is 5.91 Å². The van der Waals surface area contributed by atoms with Gasteiger partial charge in [0.05, 0.1) is 0 Å². The lowest BCUT2D eigenvalue weighted by atomic mass is 9.95. The Morgan fingerprint density at radius 2 is 2.17 bits per heavy atom. The molecular weight excluding hydrogens is 224 g/mol. The predicted molar refractivity (Wildman–Crippen MR) is 70.5 cm³/mol. The summed E-state index contributed by atoms with van der Waals surface area (Å²) in [6.45, 7) is 0.683. The minimum atomic E-state index is 0.0709. The number of benzene rings is 1. The zero-order valence-electron chi connectivity index (χ0n) is 10.4. The molecule has 2 N–H and O–H groups in total. The summed E-state index contributed by atoms with van der Waals surface area (Å²) < 4.78 is 0. The van der Waals surface area contributed by atoms with Gasteiger partial charge in [0.15, 0.2) is 0 Å². The summed E-state index contributed by atoms with van der Waals surface area (Å²) in [7, 11) is 0. The highest BCUT2D eigenvalue weighted by Crippen LogP contribution is 2.45. The molecule has 1 aromatic rings. The highest BCUT2D eigenvalue weighted by molar-refractivity contribution is 5.99. The number of rotatable bonds is 2. The second-order valence-electron chi connectivity index (χ2n) is 5.98. The Balaban J connectivity index is 1.55. The van der Waals surface area contributed by atoms with Gasteiger partial charge in [-0.3, -0.25) is 4.79 Å². The fourth-order valence-corrected chi connectivity index (χ4v) is 3.94. The Bertz CT molecular complexity index is 511. The number of nitrogens with one attached hydrogen (secondary N) is 2. The monoisotopic (exact) mass is 242 g/mol. The average Bonchev–Trinajstić information content (AvgIpc) is 3.06. The second-order valence-corrected chi connectivity index (χ2v) is 5.98. The first kappa shape index (κ1) is 10.4. The highest BCUT2D eigenvalue weighted by Gasteiger charge is 2.39.